The number of nitrogen functional groups attached to an aromatic ring is 1. The number of nitrogens with two attached hydrogens (primary N) is 2. The maximum absolute atomic E-state index is 13.9. The fourth-order valence-corrected chi connectivity index (χ4v) is 1.99. The third kappa shape index (κ3) is 2.41. The number of aromatic nitrogens is 1. The molecule has 0 saturated carbocycles. The van der Waals surface area contributed by atoms with Gasteiger partial charge in [-0.1, -0.05) is 35.3 Å². The van der Waals surface area contributed by atoms with E-state index in [0.29, 0.717) is 10.6 Å². The van der Waals surface area contributed by atoms with E-state index in [-0.39, 0.29) is 16.4 Å². The number of benzene rings is 1. The van der Waals surface area contributed by atoms with Gasteiger partial charge in [0.2, 0.25) is 0 Å². The van der Waals surface area contributed by atoms with Gasteiger partial charge in [0, 0.05) is 17.3 Å². The Labute approximate surface area is 114 Å². The Morgan fingerprint density at radius 1 is 1.22 bits per heavy atom. The average molecular weight is 286 g/mol. The first kappa shape index (κ1) is 13.1. The van der Waals surface area contributed by atoms with Crippen LogP contribution in [0.1, 0.15) is 17.2 Å². The van der Waals surface area contributed by atoms with Crippen molar-refractivity contribution in [1.82, 2.24) is 4.98 Å². The molecule has 2 aromatic rings. The molecule has 0 saturated heterocycles. The summed E-state index contributed by atoms with van der Waals surface area (Å²) in [5.74, 6) is -0.350. The second-order valence-corrected chi connectivity index (χ2v) is 4.59. The van der Waals surface area contributed by atoms with Gasteiger partial charge in [-0.05, 0) is 12.1 Å². The van der Waals surface area contributed by atoms with E-state index in [0.717, 1.165) is 0 Å². The van der Waals surface area contributed by atoms with Crippen LogP contribution in [0.5, 0.6) is 0 Å². The number of anilines is 1. The Morgan fingerprint density at radius 2 is 1.94 bits per heavy atom. The molecular formula is C12H10Cl2FN3. The van der Waals surface area contributed by atoms with E-state index < -0.39 is 11.9 Å². The lowest BCUT2D eigenvalue weighted by atomic mass is 10.00. The van der Waals surface area contributed by atoms with Gasteiger partial charge in [0.05, 0.1) is 16.1 Å². The molecule has 3 nitrogen and oxygen atoms in total. The van der Waals surface area contributed by atoms with Gasteiger partial charge in [-0.2, -0.15) is 0 Å². The minimum Gasteiger partial charge on any atom is -0.383 e. The average Bonchev–Trinajstić information content (AvgIpc) is 2.35. The first-order chi connectivity index (χ1) is 8.50. The van der Waals surface area contributed by atoms with E-state index in [1.54, 1.807) is 18.2 Å². The fraction of sp³-hybridized carbons (Fsp3) is 0.0833. The Hall–Kier alpha value is -1.36. The summed E-state index contributed by atoms with van der Waals surface area (Å²) in [7, 11) is 0. The molecule has 0 spiro atoms. The first-order valence-electron chi connectivity index (χ1n) is 5.11. The molecule has 0 fully saturated rings. The van der Waals surface area contributed by atoms with Crippen LogP contribution in [0.25, 0.3) is 0 Å². The van der Waals surface area contributed by atoms with Crippen LogP contribution in [0.3, 0.4) is 0 Å². The van der Waals surface area contributed by atoms with Crippen molar-refractivity contribution in [1.29, 1.82) is 0 Å². The summed E-state index contributed by atoms with van der Waals surface area (Å²) >= 11 is 11.5. The molecule has 0 aliphatic carbocycles. The lowest BCUT2D eigenvalue weighted by Crippen LogP contribution is -2.16. The molecule has 18 heavy (non-hydrogen) atoms. The molecule has 0 radical (unpaired) electrons. The molecule has 0 amide bonds. The van der Waals surface area contributed by atoms with Gasteiger partial charge >= 0.3 is 0 Å². The van der Waals surface area contributed by atoms with Gasteiger partial charge in [-0.25, -0.2) is 9.37 Å². The number of rotatable bonds is 2. The van der Waals surface area contributed by atoms with Gasteiger partial charge in [-0.3, -0.25) is 0 Å². The summed E-state index contributed by atoms with van der Waals surface area (Å²) in [5.41, 5.74) is 12.4. The van der Waals surface area contributed by atoms with Crippen LogP contribution in [0.2, 0.25) is 10.0 Å². The van der Waals surface area contributed by atoms with Gasteiger partial charge in [0.15, 0.2) is 0 Å². The van der Waals surface area contributed by atoms with Crippen LogP contribution < -0.4 is 11.5 Å². The van der Waals surface area contributed by atoms with Crippen molar-refractivity contribution in [2.24, 2.45) is 5.73 Å². The van der Waals surface area contributed by atoms with E-state index in [4.69, 9.17) is 34.7 Å². The highest BCUT2D eigenvalue weighted by atomic mass is 35.5. The number of nitrogens with zero attached hydrogens (tertiary/aromatic N) is 1. The van der Waals surface area contributed by atoms with Crippen molar-refractivity contribution in [2.75, 3.05) is 5.73 Å². The van der Waals surface area contributed by atoms with Crippen LogP contribution in [0, 0.1) is 5.82 Å². The van der Waals surface area contributed by atoms with Crippen molar-refractivity contribution in [2.45, 2.75) is 6.04 Å². The van der Waals surface area contributed by atoms with E-state index in [1.165, 1.54) is 12.3 Å². The maximum atomic E-state index is 13.9. The predicted octanol–water partition coefficient (Wildman–Crippen LogP) is 3.16. The summed E-state index contributed by atoms with van der Waals surface area (Å²) in [6.45, 7) is 0. The zero-order chi connectivity index (χ0) is 13.3. The molecule has 1 unspecified atom stereocenters. The van der Waals surface area contributed by atoms with Gasteiger partial charge in [0.1, 0.15) is 11.6 Å². The van der Waals surface area contributed by atoms with Gasteiger partial charge in [0.25, 0.3) is 0 Å². The summed E-state index contributed by atoms with van der Waals surface area (Å²) in [4.78, 5) is 3.89. The van der Waals surface area contributed by atoms with Crippen LogP contribution in [0.15, 0.2) is 30.5 Å². The molecule has 1 aromatic heterocycles. The second-order valence-electron chi connectivity index (χ2n) is 3.75. The number of pyridine rings is 1. The van der Waals surface area contributed by atoms with E-state index in [1.807, 2.05) is 0 Å². The Bertz CT molecular complexity index is 588. The highest BCUT2D eigenvalue weighted by molar-refractivity contribution is 6.31. The highest BCUT2D eigenvalue weighted by Crippen LogP contribution is 2.29. The van der Waals surface area contributed by atoms with E-state index in [9.17, 15) is 4.39 Å². The van der Waals surface area contributed by atoms with Gasteiger partial charge < -0.3 is 11.5 Å². The van der Waals surface area contributed by atoms with Crippen molar-refractivity contribution < 1.29 is 4.39 Å². The number of halogens is 3. The molecule has 94 valence electrons. The first-order valence-corrected chi connectivity index (χ1v) is 5.86. The van der Waals surface area contributed by atoms with E-state index in [2.05, 4.69) is 4.98 Å². The normalized spacial score (nSPS) is 12.4. The quantitative estimate of drug-likeness (QED) is 0.891. The topological polar surface area (TPSA) is 64.9 Å². The second kappa shape index (κ2) is 5.10. The van der Waals surface area contributed by atoms with Gasteiger partial charge in [-0.15, -0.1) is 0 Å². The van der Waals surface area contributed by atoms with Crippen molar-refractivity contribution in [3.63, 3.8) is 0 Å². The lowest BCUT2D eigenvalue weighted by molar-refractivity contribution is 0.600. The SMILES string of the molecule is Nc1ncc(Cl)cc1C(N)c1cccc(Cl)c1F. The van der Waals surface area contributed by atoms with Crippen LogP contribution in [-0.4, -0.2) is 4.98 Å². The summed E-state index contributed by atoms with van der Waals surface area (Å²) in [5, 5.41) is 0.397. The largest absolute Gasteiger partial charge is 0.383 e. The molecular weight excluding hydrogens is 276 g/mol. The summed E-state index contributed by atoms with van der Waals surface area (Å²) < 4.78 is 13.9. The standard InChI is InChI=1S/C12H10Cl2FN3/c13-6-4-8(12(17)18-5-6)11(16)7-2-1-3-9(14)10(7)15/h1-5,11H,16H2,(H2,17,18). The monoisotopic (exact) mass is 285 g/mol. The molecule has 0 aliphatic heterocycles. The van der Waals surface area contributed by atoms with Crippen LogP contribution >= 0.6 is 23.2 Å². The van der Waals surface area contributed by atoms with Crippen LogP contribution in [-0.2, 0) is 0 Å². The molecule has 1 aromatic carbocycles. The van der Waals surface area contributed by atoms with Crippen molar-refractivity contribution >= 4 is 29.0 Å². The Balaban J connectivity index is 2.51. The molecule has 0 bridgehead atoms. The lowest BCUT2D eigenvalue weighted by Gasteiger charge is -2.15. The molecule has 0 aliphatic rings. The summed E-state index contributed by atoms with van der Waals surface area (Å²) in [6.07, 6.45) is 1.40. The molecule has 1 atom stereocenters. The predicted molar refractivity (Wildman–Crippen MR) is 71.1 cm³/mol. The zero-order valence-corrected chi connectivity index (χ0v) is 10.7. The molecule has 4 N–H and O–H groups in total. The minimum atomic E-state index is -0.769. The summed E-state index contributed by atoms with van der Waals surface area (Å²) in [6, 6.07) is 5.41. The van der Waals surface area contributed by atoms with Crippen molar-refractivity contribution in [3.8, 4) is 0 Å². The minimum absolute atomic E-state index is 0.0107. The van der Waals surface area contributed by atoms with E-state index >= 15 is 0 Å². The molecule has 2 rings (SSSR count). The third-order valence-corrected chi connectivity index (χ3v) is 3.07. The fourth-order valence-electron chi connectivity index (χ4n) is 1.64. The Morgan fingerprint density at radius 3 is 2.67 bits per heavy atom. The molecule has 6 heteroatoms. The zero-order valence-electron chi connectivity index (χ0n) is 9.20. The van der Waals surface area contributed by atoms with Crippen molar-refractivity contribution in [3.05, 3.63) is 57.5 Å². The number of hydrogen-bond donors (Lipinski definition) is 2. The smallest absolute Gasteiger partial charge is 0.146 e. The molecule has 1 heterocycles. The maximum Gasteiger partial charge on any atom is 0.146 e. The third-order valence-electron chi connectivity index (χ3n) is 2.57. The van der Waals surface area contributed by atoms with Crippen LogP contribution in [0.4, 0.5) is 10.2 Å². The number of hydrogen-bond acceptors (Lipinski definition) is 3. The Kier molecular flexibility index (Phi) is 3.71. The highest BCUT2D eigenvalue weighted by Gasteiger charge is 2.18.